The third-order valence-electron chi connectivity index (χ3n) is 8.04. The number of allylic oxidation sites excluding steroid dienone is 3. The van der Waals surface area contributed by atoms with Gasteiger partial charge in [0, 0.05) is 26.1 Å². The number of aliphatic hydroxyl groups is 2. The van der Waals surface area contributed by atoms with E-state index in [-0.39, 0.29) is 42.7 Å². The van der Waals surface area contributed by atoms with Crippen LogP contribution >= 0.6 is 0 Å². The SMILES string of the molecule is CCC(O)C(C)C1OC1CC(C)/C=C/C=C(\C)C1OC(=O)CC(O)CCC(C)(OC)C(OC)/C=C/C1C. The first-order valence-electron chi connectivity index (χ1n) is 13.8. The second-order valence-electron chi connectivity index (χ2n) is 11.2. The van der Waals surface area contributed by atoms with E-state index >= 15 is 0 Å². The van der Waals surface area contributed by atoms with E-state index < -0.39 is 23.8 Å². The Bertz CT molecular complexity index is 806. The highest BCUT2D eigenvalue weighted by molar-refractivity contribution is 5.70. The number of esters is 1. The van der Waals surface area contributed by atoms with Crippen LogP contribution in [0.25, 0.3) is 0 Å². The van der Waals surface area contributed by atoms with Gasteiger partial charge in [0.2, 0.25) is 0 Å². The lowest BCUT2D eigenvalue weighted by atomic mass is 9.88. The molecule has 2 aliphatic rings. The van der Waals surface area contributed by atoms with Crippen molar-refractivity contribution < 1.29 is 34.0 Å². The highest BCUT2D eigenvalue weighted by Crippen LogP contribution is 2.36. The van der Waals surface area contributed by atoms with E-state index in [0.717, 1.165) is 18.4 Å². The Morgan fingerprint density at radius 3 is 2.62 bits per heavy atom. The van der Waals surface area contributed by atoms with Gasteiger partial charge in [0.25, 0.3) is 0 Å². The Kier molecular flexibility index (Phi) is 12.5. The van der Waals surface area contributed by atoms with E-state index in [1.165, 1.54) is 0 Å². The number of hydrogen-bond donors (Lipinski definition) is 2. The minimum atomic E-state index is -0.807. The topological polar surface area (TPSA) is 97.8 Å². The van der Waals surface area contributed by atoms with Gasteiger partial charge >= 0.3 is 5.97 Å². The lowest BCUT2D eigenvalue weighted by Gasteiger charge is -2.35. The number of epoxide rings is 1. The van der Waals surface area contributed by atoms with Crippen molar-refractivity contribution in [2.24, 2.45) is 17.8 Å². The van der Waals surface area contributed by atoms with Gasteiger partial charge < -0.3 is 29.2 Å². The Labute approximate surface area is 223 Å². The average molecular weight is 523 g/mol. The van der Waals surface area contributed by atoms with Gasteiger partial charge in [-0.05, 0) is 51.0 Å². The first kappa shape index (κ1) is 31.7. The summed E-state index contributed by atoms with van der Waals surface area (Å²) in [6, 6.07) is 0. The maximum absolute atomic E-state index is 12.6. The van der Waals surface area contributed by atoms with Crippen molar-refractivity contribution in [3.63, 3.8) is 0 Å². The van der Waals surface area contributed by atoms with Crippen LogP contribution in [0.2, 0.25) is 0 Å². The predicted octanol–water partition coefficient (Wildman–Crippen LogP) is 4.76. The second-order valence-corrected chi connectivity index (χ2v) is 11.2. The summed E-state index contributed by atoms with van der Waals surface area (Å²) in [5, 5.41) is 20.5. The minimum Gasteiger partial charge on any atom is -0.457 e. The van der Waals surface area contributed by atoms with Crippen molar-refractivity contribution in [2.75, 3.05) is 14.2 Å². The number of methoxy groups -OCH3 is 2. The molecule has 37 heavy (non-hydrogen) atoms. The molecule has 7 nitrogen and oxygen atoms in total. The van der Waals surface area contributed by atoms with Crippen molar-refractivity contribution in [1.82, 2.24) is 0 Å². The zero-order chi connectivity index (χ0) is 27.8. The molecule has 1 fully saturated rings. The first-order chi connectivity index (χ1) is 17.4. The van der Waals surface area contributed by atoms with E-state index in [1.54, 1.807) is 14.2 Å². The molecule has 0 spiro atoms. The van der Waals surface area contributed by atoms with Gasteiger partial charge in [0.15, 0.2) is 0 Å². The second kappa shape index (κ2) is 14.6. The Morgan fingerprint density at radius 2 is 2.00 bits per heavy atom. The van der Waals surface area contributed by atoms with Gasteiger partial charge in [-0.15, -0.1) is 0 Å². The van der Waals surface area contributed by atoms with Gasteiger partial charge in [-0.25, -0.2) is 0 Å². The largest absolute Gasteiger partial charge is 0.457 e. The number of carbonyl (C=O) groups is 1. The highest BCUT2D eigenvalue weighted by Gasteiger charge is 2.45. The predicted molar refractivity (Wildman–Crippen MR) is 145 cm³/mol. The van der Waals surface area contributed by atoms with Gasteiger partial charge in [-0.1, -0.05) is 58.1 Å². The molecular weight excluding hydrogens is 472 g/mol. The molecular formula is C30H50O7. The summed E-state index contributed by atoms with van der Waals surface area (Å²) in [4.78, 5) is 12.6. The van der Waals surface area contributed by atoms with Crippen molar-refractivity contribution in [1.29, 1.82) is 0 Å². The van der Waals surface area contributed by atoms with Crippen molar-refractivity contribution in [3.05, 3.63) is 36.0 Å². The number of aliphatic hydroxyl groups excluding tert-OH is 2. The van der Waals surface area contributed by atoms with Gasteiger partial charge in [-0.3, -0.25) is 4.79 Å². The molecule has 2 heterocycles. The number of ether oxygens (including phenoxy) is 4. The van der Waals surface area contributed by atoms with Crippen LogP contribution in [0.3, 0.4) is 0 Å². The van der Waals surface area contributed by atoms with Crippen LogP contribution in [-0.2, 0) is 23.7 Å². The average Bonchev–Trinajstić information content (AvgIpc) is 3.63. The van der Waals surface area contributed by atoms with Gasteiger partial charge in [0.1, 0.15) is 12.2 Å². The van der Waals surface area contributed by atoms with Crippen molar-refractivity contribution in [3.8, 4) is 0 Å². The van der Waals surface area contributed by atoms with E-state index in [9.17, 15) is 15.0 Å². The first-order valence-corrected chi connectivity index (χ1v) is 13.8. The number of cyclic esters (lactones) is 1. The molecule has 2 N–H and O–H groups in total. The smallest absolute Gasteiger partial charge is 0.309 e. The maximum atomic E-state index is 12.6. The van der Waals surface area contributed by atoms with Gasteiger partial charge in [0.05, 0.1) is 36.4 Å². The summed E-state index contributed by atoms with van der Waals surface area (Å²) in [5.41, 5.74) is 0.301. The summed E-state index contributed by atoms with van der Waals surface area (Å²) in [7, 11) is 3.29. The number of carbonyl (C=O) groups excluding carboxylic acids is 1. The molecule has 212 valence electrons. The summed E-state index contributed by atoms with van der Waals surface area (Å²) in [5.74, 6) is -0.0539. The molecule has 0 aromatic carbocycles. The van der Waals surface area contributed by atoms with E-state index in [4.69, 9.17) is 18.9 Å². The van der Waals surface area contributed by atoms with E-state index in [0.29, 0.717) is 18.8 Å². The molecule has 0 amide bonds. The molecule has 10 unspecified atom stereocenters. The summed E-state index contributed by atoms with van der Waals surface area (Å²) in [6.45, 7) is 12.1. The van der Waals surface area contributed by atoms with Gasteiger partial charge in [-0.2, -0.15) is 0 Å². The zero-order valence-corrected chi connectivity index (χ0v) is 24.1. The molecule has 0 aromatic rings. The summed E-state index contributed by atoms with van der Waals surface area (Å²) in [6.07, 6.45) is 11.1. The van der Waals surface area contributed by atoms with Crippen LogP contribution in [0.15, 0.2) is 36.0 Å². The highest BCUT2D eigenvalue weighted by atomic mass is 16.6. The Hall–Kier alpha value is -1.51. The molecule has 1 saturated heterocycles. The monoisotopic (exact) mass is 522 g/mol. The fourth-order valence-corrected chi connectivity index (χ4v) is 5.16. The minimum absolute atomic E-state index is 0.0573. The van der Waals surface area contributed by atoms with E-state index in [2.05, 4.69) is 19.9 Å². The molecule has 0 bridgehead atoms. The molecule has 0 aliphatic carbocycles. The van der Waals surface area contributed by atoms with Crippen molar-refractivity contribution >= 4 is 5.97 Å². The third-order valence-corrected chi connectivity index (χ3v) is 8.04. The van der Waals surface area contributed by atoms with Crippen LogP contribution in [-0.4, -0.2) is 72.6 Å². The van der Waals surface area contributed by atoms with Crippen LogP contribution in [0, 0.1) is 17.8 Å². The number of hydrogen-bond acceptors (Lipinski definition) is 7. The third kappa shape index (κ3) is 9.32. The Balaban J connectivity index is 2.10. The number of rotatable bonds is 10. The van der Waals surface area contributed by atoms with Crippen LogP contribution in [0.1, 0.15) is 73.6 Å². The molecule has 10 atom stereocenters. The van der Waals surface area contributed by atoms with Crippen LogP contribution in [0.5, 0.6) is 0 Å². The molecule has 2 aliphatic heterocycles. The van der Waals surface area contributed by atoms with Crippen molar-refractivity contribution in [2.45, 2.75) is 116 Å². The molecule has 0 aromatic heterocycles. The lowest BCUT2D eigenvalue weighted by molar-refractivity contribution is -0.151. The molecule has 7 heteroatoms. The van der Waals surface area contributed by atoms with E-state index in [1.807, 2.05) is 52.0 Å². The van der Waals surface area contributed by atoms with Crippen LogP contribution < -0.4 is 0 Å². The molecule has 0 radical (unpaired) electrons. The zero-order valence-electron chi connectivity index (χ0n) is 24.1. The lowest BCUT2D eigenvalue weighted by Crippen LogP contribution is -2.42. The normalized spacial score (nSPS) is 37.2. The fraction of sp³-hybridized carbons (Fsp3) is 0.767. The standard InChI is InChI=1S/C30H50O7/c1-9-24(32)22(5)29-25(36-29)17-19(2)11-10-12-20(3)28-21(4)13-14-26(34-7)30(6,35-8)16-15-23(31)18-27(33)37-28/h10-14,19,21-26,28-29,31-32H,9,15-18H2,1-8H3/b11-10+,14-13+,20-12+. The van der Waals surface area contributed by atoms with Crippen LogP contribution in [0.4, 0.5) is 0 Å². The summed E-state index contributed by atoms with van der Waals surface area (Å²) >= 11 is 0. The quantitative estimate of drug-likeness (QED) is 0.185. The Morgan fingerprint density at radius 1 is 1.30 bits per heavy atom. The molecule has 0 saturated carbocycles. The summed E-state index contributed by atoms with van der Waals surface area (Å²) < 4.78 is 23.2. The maximum Gasteiger partial charge on any atom is 0.309 e. The fourth-order valence-electron chi connectivity index (χ4n) is 5.16. The molecule has 2 rings (SSSR count).